The van der Waals surface area contributed by atoms with Gasteiger partial charge in [0.05, 0.1) is 5.75 Å². The number of hydrogen-bond acceptors (Lipinski definition) is 4. The average molecular weight is 245 g/mol. The van der Waals surface area contributed by atoms with Gasteiger partial charge in [-0.3, -0.25) is 0 Å². The molecule has 1 N–H and O–H groups in total. The molecule has 16 heavy (non-hydrogen) atoms. The zero-order valence-electron chi connectivity index (χ0n) is 8.72. The van der Waals surface area contributed by atoms with E-state index in [-0.39, 0.29) is 17.0 Å². The molecule has 0 aromatic heterocycles. The number of nitrogens with zero attached hydrogens (tertiary/aromatic N) is 1. The Morgan fingerprint density at radius 3 is 2.69 bits per heavy atom. The van der Waals surface area contributed by atoms with Gasteiger partial charge in [-0.05, 0) is 12.1 Å². The van der Waals surface area contributed by atoms with Crippen molar-refractivity contribution in [3.05, 3.63) is 35.6 Å². The molecule has 0 amide bonds. The van der Waals surface area contributed by atoms with E-state index >= 15 is 0 Å². The van der Waals surface area contributed by atoms with Gasteiger partial charge in [0.2, 0.25) is 0 Å². The van der Waals surface area contributed by atoms with Crippen molar-refractivity contribution < 1.29 is 18.0 Å². The zero-order chi connectivity index (χ0) is 12.2. The van der Waals surface area contributed by atoms with E-state index in [1.54, 1.807) is 0 Å². The van der Waals surface area contributed by atoms with E-state index in [1.807, 2.05) is 0 Å². The summed E-state index contributed by atoms with van der Waals surface area (Å²) in [6.45, 7) is 1.50. The monoisotopic (exact) mass is 245 g/mol. The van der Waals surface area contributed by atoms with Gasteiger partial charge >= 0.3 is 0 Å². The van der Waals surface area contributed by atoms with Crippen molar-refractivity contribution in [1.29, 1.82) is 0 Å². The van der Waals surface area contributed by atoms with E-state index in [0.717, 1.165) is 6.07 Å². The first kappa shape index (κ1) is 12.6. The molecule has 0 aliphatic heterocycles. The number of halogens is 1. The first-order valence-corrected chi connectivity index (χ1v) is 6.48. The Labute approximate surface area is 93.3 Å². The van der Waals surface area contributed by atoms with Crippen LogP contribution in [-0.2, 0) is 9.84 Å². The normalized spacial score (nSPS) is 12.8. The van der Waals surface area contributed by atoms with Crippen LogP contribution in [0.25, 0.3) is 0 Å². The van der Waals surface area contributed by atoms with E-state index in [2.05, 4.69) is 5.16 Å². The first-order chi connectivity index (χ1) is 7.48. The fraction of sp³-hybridized carbons (Fsp3) is 0.300. The van der Waals surface area contributed by atoms with Crippen LogP contribution in [-0.4, -0.2) is 30.8 Å². The Bertz CT molecular complexity index is 497. The van der Waals surface area contributed by atoms with Gasteiger partial charge in [-0.1, -0.05) is 24.2 Å². The number of hydrogen-bond donors (Lipinski definition) is 1. The van der Waals surface area contributed by atoms with E-state index in [9.17, 15) is 12.8 Å². The summed E-state index contributed by atoms with van der Waals surface area (Å²) in [4.78, 5) is 0. The molecule has 0 atom stereocenters. The molecular formula is C10H12FNO3S. The van der Waals surface area contributed by atoms with E-state index in [0.29, 0.717) is 0 Å². The summed E-state index contributed by atoms with van der Waals surface area (Å²) < 4.78 is 35.6. The summed E-state index contributed by atoms with van der Waals surface area (Å²) in [5.41, 5.74) is 0.209. The Morgan fingerprint density at radius 1 is 1.50 bits per heavy atom. The quantitative estimate of drug-likeness (QED) is 0.496. The minimum absolute atomic E-state index is 0.0542. The van der Waals surface area contributed by atoms with Crippen molar-refractivity contribution in [3.63, 3.8) is 0 Å². The Balaban J connectivity index is 3.02. The smallest absolute Gasteiger partial charge is 0.155 e. The van der Waals surface area contributed by atoms with Gasteiger partial charge in [0, 0.05) is 11.3 Å². The molecule has 6 heteroatoms. The Morgan fingerprint density at radius 2 is 2.19 bits per heavy atom. The molecule has 1 rings (SSSR count). The first-order valence-electron chi connectivity index (χ1n) is 4.66. The predicted molar refractivity (Wildman–Crippen MR) is 59.1 cm³/mol. The van der Waals surface area contributed by atoms with Crippen LogP contribution in [0.2, 0.25) is 0 Å². The molecule has 1 aromatic carbocycles. The predicted octanol–water partition coefficient (Wildman–Crippen LogP) is 1.44. The molecule has 0 fully saturated rings. The molecule has 0 saturated carbocycles. The van der Waals surface area contributed by atoms with Gasteiger partial charge in [-0.15, -0.1) is 0 Å². The van der Waals surface area contributed by atoms with E-state index < -0.39 is 21.4 Å². The van der Waals surface area contributed by atoms with Crippen molar-refractivity contribution in [3.8, 4) is 0 Å². The number of sulfone groups is 1. The minimum Gasteiger partial charge on any atom is -0.411 e. The maximum absolute atomic E-state index is 12.9. The summed E-state index contributed by atoms with van der Waals surface area (Å²) in [7, 11) is -3.31. The highest BCUT2D eigenvalue weighted by Crippen LogP contribution is 2.07. The fourth-order valence-corrected chi connectivity index (χ4v) is 1.99. The molecule has 88 valence electrons. The molecule has 0 unspecified atom stereocenters. The van der Waals surface area contributed by atoms with Crippen LogP contribution >= 0.6 is 0 Å². The van der Waals surface area contributed by atoms with Crippen LogP contribution in [0, 0.1) is 5.82 Å². The lowest BCUT2D eigenvalue weighted by Crippen LogP contribution is -2.18. The molecule has 1 aromatic rings. The highest BCUT2D eigenvalue weighted by molar-refractivity contribution is 7.92. The Hall–Kier alpha value is -1.43. The van der Waals surface area contributed by atoms with Gasteiger partial charge in [0.1, 0.15) is 11.5 Å². The van der Waals surface area contributed by atoms with Crippen LogP contribution in [0.5, 0.6) is 0 Å². The third kappa shape index (κ3) is 3.30. The third-order valence-electron chi connectivity index (χ3n) is 2.08. The lowest BCUT2D eigenvalue weighted by Gasteiger charge is -2.04. The number of rotatable bonds is 4. The van der Waals surface area contributed by atoms with Crippen LogP contribution < -0.4 is 0 Å². The van der Waals surface area contributed by atoms with Crippen molar-refractivity contribution in [1.82, 2.24) is 0 Å². The average Bonchev–Trinajstić information content (AvgIpc) is 2.26. The minimum atomic E-state index is -3.31. The maximum atomic E-state index is 12.9. The van der Waals surface area contributed by atoms with Crippen LogP contribution in [0.4, 0.5) is 4.39 Å². The highest BCUT2D eigenvalue weighted by Gasteiger charge is 2.15. The largest absolute Gasteiger partial charge is 0.411 e. The topological polar surface area (TPSA) is 66.7 Å². The third-order valence-corrected chi connectivity index (χ3v) is 3.67. The van der Waals surface area contributed by atoms with Gasteiger partial charge in [0.15, 0.2) is 9.84 Å². The highest BCUT2D eigenvalue weighted by atomic mass is 32.2. The van der Waals surface area contributed by atoms with Crippen molar-refractivity contribution in [2.45, 2.75) is 6.92 Å². The van der Waals surface area contributed by atoms with E-state index in [1.165, 1.54) is 25.1 Å². The van der Waals surface area contributed by atoms with Gasteiger partial charge < -0.3 is 5.21 Å². The summed E-state index contributed by atoms with van der Waals surface area (Å²) in [5, 5.41) is 11.6. The molecule has 0 aliphatic rings. The zero-order valence-corrected chi connectivity index (χ0v) is 9.54. The van der Waals surface area contributed by atoms with Crippen LogP contribution in [0.1, 0.15) is 12.5 Å². The van der Waals surface area contributed by atoms with Crippen LogP contribution in [0.15, 0.2) is 29.4 Å². The summed E-state index contributed by atoms with van der Waals surface area (Å²) >= 11 is 0. The molecular weight excluding hydrogens is 233 g/mol. The number of benzene rings is 1. The maximum Gasteiger partial charge on any atom is 0.155 e. The molecule has 0 saturated heterocycles. The molecule has 0 heterocycles. The molecule has 4 nitrogen and oxygen atoms in total. The second-order valence-corrected chi connectivity index (χ2v) is 5.59. The summed E-state index contributed by atoms with van der Waals surface area (Å²) in [5.74, 6) is -0.960. The second kappa shape index (κ2) is 5.07. The molecule has 0 spiro atoms. The van der Waals surface area contributed by atoms with E-state index in [4.69, 9.17) is 5.21 Å². The summed E-state index contributed by atoms with van der Waals surface area (Å²) in [6, 6.07) is 5.27. The van der Waals surface area contributed by atoms with Gasteiger partial charge in [0.25, 0.3) is 0 Å². The molecule has 0 bridgehead atoms. The lowest BCUT2D eigenvalue weighted by atomic mass is 10.1. The van der Waals surface area contributed by atoms with Crippen LogP contribution in [0.3, 0.4) is 0 Å². The summed E-state index contributed by atoms with van der Waals surface area (Å²) in [6.07, 6.45) is 0. The van der Waals surface area contributed by atoms with Crippen molar-refractivity contribution in [2.24, 2.45) is 5.16 Å². The second-order valence-electron chi connectivity index (χ2n) is 3.23. The fourth-order valence-electron chi connectivity index (χ4n) is 1.15. The molecule has 0 radical (unpaired) electrons. The number of oxime groups is 1. The van der Waals surface area contributed by atoms with Gasteiger partial charge in [-0.2, -0.15) is 0 Å². The molecule has 0 aliphatic carbocycles. The van der Waals surface area contributed by atoms with Crippen molar-refractivity contribution >= 4 is 15.5 Å². The van der Waals surface area contributed by atoms with Crippen molar-refractivity contribution in [2.75, 3.05) is 11.5 Å². The Kier molecular flexibility index (Phi) is 4.00. The standard InChI is InChI=1S/C10H12FNO3S/c1-2-16(14,15)7-10(12-13)8-4-3-5-9(11)6-8/h3-6,13H,2,7H2,1H3/b12-10-. The van der Waals surface area contributed by atoms with Gasteiger partial charge in [-0.25, -0.2) is 12.8 Å². The SMILES string of the molecule is CCS(=O)(=O)C/C(=N/O)c1cccc(F)c1. The lowest BCUT2D eigenvalue weighted by molar-refractivity contribution is 0.319.